The van der Waals surface area contributed by atoms with E-state index in [-0.39, 0.29) is 28.9 Å². The summed E-state index contributed by atoms with van der Waals surface area (Å²) in [5.74, 6) is -6.13. The second-order valence-corrected chi connectivity index (χ2v) is 7.39. The quantitative estimate of drug-likeness (QED) is 0.720. The Kier molecular flexibility index (Phi) is 5.72. The first-order valence-corrected chi connectivity index (χ1v) is 9.19. The van der Waals surface area contributed by atoms with E-state index in [1.54, 1.807) is 0 Å². The molecule has 1 aliphatic carbocycles. The van der Waals surface area contributed by atoms with E-state index in [2.05, 4.69) is 10.4 Å². The summed E-state index contributed by atoms with van der Waals surface area (Å²) >= 11 is 0. The van der Waals surface area contributed by atoms with Gasteiger partial charge in [-0.3, -0.25) is 9.48 Å². The molecular weight excluding hydrogens is 421 g/mol. The lowest BCUT2D eigenvalue weighted by atomic mass is 9.83. The van der Waals surface area contributed by atoms with E-state index < -0.39 is 48.4 Å². The maximum absolute atomic E-state index is 13.8. The number of nitrogens with one attached hydrogen (secondary N) is 1. The highest BCUT2D eigenvalue weighted by Crippen LogP contribution is 2.46. The van der Waals surface area contributed by atoms with Crippen LogP contribution in [0.5, 0.6) is 0 Å². The van der Waals surface area contributed by atoms with Crippen molar-refractivity contribution in [3.63, 3.8) is 0 Å². The third-order valence-electron chi connectivity index (χ3n) is 5.26. The third kappa shape index (κ3) is 4.66. The summed E-state index contributed by atoms with van der Waals surface area (Å²) in [6.07, 6.45) is -5.68. The van der Waals surface area contributed by atoms with E-state index in [0.29, 0.717) is 10.7 Å². The molecule has 1 aromatic heterocycles. The summed E-state index contributed by atoms with van der Waals surface area (Å²) in [6.45, 7) is 0. The maximum Gasteiger partial charge on any atom is 0.433 e. The molecule has 1 heterocycles. The SMILES string of the molecule is Cn1nc(NC(=O)C(c2ccc(C#N)c(C#N)c2)C2CCC(F)(F)C2)cc1C(F)(F)F. The number of rotatable bonds is 4. The molecule has 0 radical (unpaired) electrons. The van der Waals surface area contributed by atoms with Crippen LogP contribution in [-0.2, 0) is 18.0 Å². The fourth-order valence-corrected chi connectivity index (χ4v) is 3.85. The number of aromatic nitrogens is 2. The Bertz CT molecular complexity index is 1090. The topological polar surface area (TPSA) is 94.5 Å². The first-order valence-electron chi connectivity index (χ1n) is 9.19. The van der Waals surface area contributed by atoms with Gasteiger partial charge in [0.2, 0.25) is 11.8 Å². The normalized spacial score (nSPS) is 18.8. The molecule has 1 aromatic carbocycles. The number of carbonyl (C=O) groups excluding carboxylic acids is 1. The van der Waals surface area contributed by atoms with Gasteiger partial charge >= 0.3 is 6.18 Å². The lowest BCUT2D eigenvalue weighted by Gasteiger charge is -2.23. The molecule has 1 aliphatic rings. The molecule has 2 unspecified atom stereocenters. The van der Waals surface area contributed by atoms with E-state index in [0.717, 1.165) is 7.05 Å². The van der Waals surface area contributed by atoms with Crippen molar-refractivity contribution in [3.8, 4) is 12.1 Å². The number of carbonyl (C=O) groups is 1. The van der Waals surface area contributed by atoms with E-state index in [4.69, 9.17) is 5.26 Å². The summed E-state index contributed by atoms with van der Waals surface area (Å²) in [6, 6.07) is 8.27. The lowest BCUT2D eigenvalue weighted by molar-refractivity contribution is -0.143. The molecule has 6 nitrogen and oxygen atoms in total. The highest BCUT2D eigenvalue weighted by atomic mass is 19.4. The second-order valence-electron chi connectivity index (χ2n) is 7.39. The first kappa shape index (κ1) is 22.2. The number of benzene rings is 1. The Morgan fingerprint density at radius 3 is 2.45 bits per heavy atom. The Morgan fingerprint density at radius 2 is 1.94 bits per heavy atom. The van der Waals surface area contributed by atoms with E-state index in [1.165, 1.54) is 18.2 Å². The zero-order valence-electron chi connectivity index (χ0n) is 16.2. The summed E-state index contributed by atoms with van der Waals surface area (Å²) in [4.78, 5) is 13.0. The molecule has 3 rings (SSSR count). The number of nitrogens with zero attached hydrogens (tertiary/aromatic N) is 4. The van der Waals surface area contributed by atoms with Crippen LogP contribution >= 0.6 is 0 Å². The molecule has 1 fully saturated rings. The molecule has 2 aromatic rings. The van der Waals surface area contributed by atoms with Crippen LogP contribution in [0.4, 0.5) is 27.8 Å². The third-order valence-corrected chi connectivity index (χ3v) is 5.26. The minimum Gasteiger partial charge on any atom is -0.309 e. The Labute approximate surface area is 173 Å². The average Bonchev–Trinajstić information content (AvgIpc) is 3.23. The van der Waals surface area contributed by atoms with Crippen LogP contribution in [0.25, 0.3) is 0 Å². The molecule has 1 saturated carbocycles. The predicted octanol–water partition coefficient (Wildman–Crippen LogP) is 4.34. The van der Waals surface area contributed by atoms with Gasteiger partial charge < -0.3 is 5.32 Å². The molecular formula is C20H16F5N5O. The van der Waals surface area contributed by atoms with Crippen LogP contribution in [-0.4, -0.2) is 21.6 Å². The first-order chi connectivity index (χ1) is 14.4. The molecule has 0 bridgehead atoms. The highest BCUT2D eigenvalue weighted by molar-refractivity contribution is 5.95. The van der Waals surface area contributed by atoms with Gasteiger partial charge in [0.05, 0.1) is 17.0 Å². The standard InChI is InChI=1S/C20H16F5N5O/c1-30-15(20(23,24)25)7-16(29-30)28-18(31)17(12-4-5-19(21,22)8-12)11-2-3-13(9-26)14(6-11)10-27/h2-3,6-7,12,17H,4-5,8H2,1H3,(H,28,29,31). The number of alkyl halides is 5. The van der Waals surface area contributed by atoms with Crippen molar-refractivity contribution in [1.29, 1.82) is 10.5 Å². The Balaban J connectivity index is 1.97. The van der Waals surface area contributed by atoms with Crippen molar-refractivity contribution < 1.29 is 26.7 Å². The molecule has 1 amide bonds. The molecule has 2 atom stereocenters. The summed E-state index contributed by atoms with van der Waals surface area (Å²) in [5, 5.41) is 24.2. The fourth-order valence-electron chi connectivity index (χ4n) is 3.85. The monoisotopic (exact) mass is 437 g/mol. The van der Waals surface area contributed by atoms with Crippen molar-refractivity contribution in [3.05, 3.63) is 46.6 Å². The van der Waals surface area contributed by atoms with Crippen LogP contribution < -0.4 is 5.32 Å². The summed E-state index contributed by atoms with van der Waals surface area (Å²) in [7, 11) is 1.06. The van der Waals surface area contributed by atoms with Crippen LogP contribution in [0, 0.1) is 28.6 Å². The minimum absolute atomic E-state index is 0.0169. The van der Waals surface area contributed by atoms with Crippen molar-refractivity contribution in [1.82, 2.24) is 9.78 Å². The van der Waals surface area contributed by atoms with Crippen LogP contribution in [0.3, 0.4) is 0 Å². The molecule has 31 heavy (non-hydrogen) atoms. The number of nitriles is 2. The van der Waals surface area contributed by atoms with Crippen LogP contribution in [0.2, 0.25) is 0 Å². The van der Waals surface area contributed by atoms with E-state index >= 15 is 0 Å². The molecule has 0 aliphatic heterocycles. The second kappa shape index (κ2) is 7.99. The van der Waals surface area contributed by atoms with Crippen LogP contribution in [0.15, 0.2) is 24.3 Å². The zero-order valence-corrected chi connectivity index (χ0v) is 16.2. The lowest BCUT2D eigenvalue weighted by Crippen LogP contribution is -2.28. The minimum atomic E-state index is -4.69. The van der Waals surface area contributed by atoms with Crippen LogP contribution in [0.1, 0.15) is 47.6 Å². The van der Waals surface area contributed by atoms with Gasteiger partial charge in [-0.2, -0.15) is 28.8 Å². The van der Waals surface area contributed by atoms with Crippen molar-refractivity contribution in [2.24, 2.45) is 13.0 Å². The van der Waals surface area contributed by atoms with Crippen molar-refractivity contribution >= 4 is 11.7 Å². The number of halogens is 5. The van der Waals surface area contributed by atoms with Gasteiger partial charge in [0.1, 0.15) is 17.8 Å². The van der Waals surface area contributed by atoms with Crippen molar-refractivity contribution in [2.45, 2.75) is 37.3 Å². The largest absolute Gasteiger partial charge is 0.433 e. The number of anilines is 1. The van der Waals surface area contributed by atoms with Gasteiger partial charge in [-0.1, -0.05) is 6.07 Å². The van der Waals surface area contributed by atoms with Gasteiger partial charge in [-0.05, 0) is 30.0 Å². The van der Waals surface area contributed by atoms with Gasteiger partial charge in [-0.15, -0.1) is 0 Å². The number of aryl methyl sites for hydroxylation is 1. The van der Waals surface area contributed by atoms with Gasteiger partial charge in [0.25, 0.3) is 0 Å². The van der Waals surface area contributed by atoms with Gasteiger partial charge in [-0.25, -0.2) is 8.78 Å². The smallest absolute Gasteiger partial charge is 0.309 e. The highest BCUT2D eigenvalue weighted by Gasteiger charge is 2.45. The van der Waals surface area contributed by atoms with E-state index in [1.807, 2.05) is 12.1 Å². The predicted molar refractivity (Wildman–Crippen MR) is 97.7 cm³/mol. The molecule has 11 heteroatoms. The molecule has 162 valence electrons. The number of hydrogen-bond acceptors (Lipinski definition) is 4. The number of hydrogen-bond donors (Lipinski definition) is 1. The molecule has 0 saturated heterocycles. The Hall–Kier alpha value is -3.47. The summed E-state index contributed by atoms with van der Waals surface area (Å²) in [5.41, 5.74) is -0.832. The zero-order chi connectivity index (χ0) is 23.0. The maximum atomic E-state index is 13.8. The average molecular weight is 437 g/mol. The molecule has 1 N–H and O–H groups in total. The van der Waals surface area contributed by atoms with E-state index in [9.17, 15) is 32.0 Å². The fraction of sp³-hybridized carbons (Fsp3) is 0.400. The van der Waals surface area contributed by atoms with Gasteiger partial charge in [0, 0.05) is 26.0 Å². The van der Waals surface area contributed by atoms with Crippen molar-refractivity contribution in [2.75, 3.05) is 5.32 Å². The summed E-state index contributed by atoms with van der Waals surface area (Å²) < 4.78 is 67.2. The number of amides is 1. The van der Waals surface area contributed by atoms with Gasteiger partial charge in [0.15, 0.2) is 5.82 Å². The molecule has 0 spiro atoms. The Morgan fingerprint density at radius 1 is 1.26 bits per heavy atom.